The molecule has 0 radical (unpaired) electrons. The van der Waals surface area contributed by atoms with Gasteiger partial charge in [-0.1, -0.05) is 12.1 Å². The van der Waals surface area contributed by atoms with Gasteiger partial charge in [-0.15, -0.1) is 0 Å². The fraction of sp³-hybridized carbons (Fsp3) is 0.400. The molecule has 6 nitrogen and oxygen atoms in total. The standard InChI is InChI=1S/C20H23F3N2O4S/c1-2-29-19-8-7-17(30(26,27)25-9-11-28-12-10-25)13-18(19)24-14-15-3-5-16(6-4-15)20(21,22)23/h3-8,13,24H,2,9-12,14H2,1H3. The van der Waals surface area contributed by atoms with Gasteiger partial charge in [-0.05, 0) is 42.8 Å². The number of hydrogen-bond acceptors (Lipinski definition) is 5. The summed E-state index contributed by atoms with van der Waals surface area (Å²) in [5.41, 5.74) is 0.345. The first-order chi connectivity index (χ1) is 14.2. The molecule has 2 aromatic carbocycles. The van der Waals surface area contributed by atoms with Gasteiger partial charge >= 0.3 is 6.18 Å². The number of nitrogens with zero attached hydrogens (tertiary/aromatic N) is 1. The highest BCUT2D eigenvalue weighted by Gasteiger charge is 2.30. The topological polar surface area (TPSA) is 67.9 Å². The van der Waals surface area contributed by atoms with Crippen LogP contribution in [0, 0.1) is 0 Å². The van der Waals surface area contributed by atoms with E-state index in [1.165, 1.54) is 28.6 Å². The molecule has 0 unspecified atom stereocenters. The Bertz CT molecular complexity index is 957. The Balaban J connectivity index is 1.81. The maximum atomic E-state index is 12.9. The molecule has 1 aliphatic heterocycles. The lowest BCUT2D eigenvalue weighted by Crippen LogP contribution is -2.40. The van der Waals surface area contributed by atoms with Gasteiger partial charge in [0.1, 0.15) is 5.75 Å². The lowest BCUT2D eigenvalue weighted by atomic mass is 10.1. The van der Waals surface area contributed by atoms with Crippen LogP contribution < -0.4 is 10.1 Å². The minimum absolute atomic E-state index is 0.114. The van der Waals surface area contributed by atoms with Crippen LogP contribution in [0.15, 0.2) is 47.4 Å². The maximum Gasteiger partial charge on any atom is 0.416 e. The number of sulfonamides is 1. The Morgan fingerprint density at radius 3 is 2.37 bits per heavy atom. The van der Waals surface area contributed by atoms with E-state index < -0.39 is 21.8 Å². The van der Waals surface area contributed by atoms with Crippen LogP contribution in [0.5, 0.6) is 5.75 Å². The number of nitrogens with one attached hydrogen (secondary N) is 1. The van der Waals surface area contributed by atoms with Crippen LogP contribution in [-0.2, 0) is 27.5 Å². The molecule has 1 aliphatic rings. The second kappa shape index (κ2) is 9.23. The van der Waals surface area contributed by atoms with Gasteiger partial charge in [0.2, 0.25) is 10.0 Å². The molecule has 0 bridgehead atoms. The smallest absolute Gasteiger partial charge is 0.416 e. The van der Waals surface area contributed by atoms with E-state index in [1.54, 1.807) is 13.0 Å². The van der Waals surface area contributed by atoms with Crippen LogP contribution in [0.1, 0.15) is 18.1 Å². The summed E-state index contributed by atoms with van der Waals surface area (Å²) in [5, 5.41) is 3.07. The Morgan fingerprint density at radius 1 is 1.10 bits per heavy atom. The molecule has 1 saturated heterocycles. The molecule has 0 aliphatic carbocycles. The fourth-order valence-electron chi connectivity index (χ4n) is 3.03. The first-order valence-electron chi connectivity index (χ1n) is 9.46. The van der Waals surface area contributed by atoms with Crippen LogP contribution in [-0.4, -0.2) is 45.6 Å². The molecule has 0 amide bonds. The lowest BCUT2D eigenvalue weighted by Gasteiger charge is -2.26. The molecule has 2 aromatic rings. The fourth-order valence-corrected chi connectivity index (χ4v) is 4.47. The van der Waals surface area contributed by atoms with E-state index in [0.717, 1.165) is 12.1 Å². The third-order valence-corrected chi connectivity index (χ3v) is 6.52. The van der Waals surface area contributed by atoms with Crippen LogP contribution in [0.3, 0.4) is 0 Å². The van der Waals surface area contributed by atoms with Crippen molar-refractivity contribution in [2.75, 3.05) is 38.2 Å². The zero-order valence-electron chi connectivity index (χ0n) is 16.4. The molecule has 164 valence electrons. The SMILES string of the molecule is CCOc1ccc(S(=O)(=O)N2CCOCC2)cc1NCc1ccc(C(F)(F)F)cc1. The number of hydrogen-bond donors (Lipinski definition) is 1. The predicted octanol–water partition coefficient (Wildman–Crippen LogP) is 3.74. The minimum Gasteiger partial charge on any atom is -0.492 e. The summed E-state index contributed by atoms with van der Waals surface area (Å²) in [4.78, 5) is 0.114. The summed E-state index contributed by atoms with van der Waals surface area (Å²) in [6, 6.07) is 9.33. The van der Waals surface area contributed by atoms with Crippen LogP contribution in [0.4, 0.5) is 18.9 Å². The Kier molecular flexibility index (Phi) is 6.89. The molecule has 1 fully saturated rings. The highest BCUT2D eigenvalue weighted by atomic mass is 32.2. The van der Waals surface area contributed by atoms with E-state index in [9.17, 15) is 21.6 Å². The number of anilines is 1. The molecule has 0 saturated carbocycles. The second-order valence-electron chi connectivity index (χ2n) is 6.66. The van der Waals surface area contributed by atoms with Gasteiger partial charge in [0.25, 0.3) is 0 Å². The molecule has 30 heavy (non-hydrogen) atoms. The van der Waals surface area contributed by atoms with Crippen molar-refractivity contribution in [2.45, 2.75) is 24.5 Å². The summed E-state index contributed by atoms with van der Waals surface area (Å²) in [6.07, 6.45) is -4.39. The number of ether oxygens (including phenoxy) is 2. The largest absolute Gasteiger partial charge is 0.492 e. The summed E-state index contributed by atoms with van der Waals surface area (Å²) in [7, 11) is -3.69. The molecule has 1 N–H and O–H groups in total. The van der Waals surface area contributed by atoms with Crippen molar-refractivity contribution >= 4 is 15.7 Å². The maximum absolute atomic E-state index is 12.9. The van der Waals surface area contributed by atoms with Crippen molar-refractivity contribution in [1.29, 1.82) is 0 Å². The van der Waals surface area contributed by atoms with E-state index in [2.05, 4.69) is 5.32 Å². The van der Waals surface area contributed by atoms with E-state index in [4.69, 9.17) is 9.47 Å². The highest BCUT2D eigenvalue weighted by molar-refractivity contribution is 7.89. The molecule has 10 heteroatoms. The van der Waals surface area contributed by atoms with Crippen LogP contribution in [0.25, 0.3) is 0 Å². The Morgan fingerprint density at radius 2 is 1.77 bits per heavy atom. The molecule has 3 rings (SSSR count). The first-order valence-corrected chi connectivity index (χ1v) is 10.9. The minimum atomic E-state index is -4.39. The van der Waals surface area contributed by atoms with E-state index in [0.29, 0.717) is 36.8 Å². The molecule has 0 aromatic heterocycles. The first kappa shape index (κ1) is 22.4. The van der Waals surface area contributed by atoms with Crippen molar-refractivity contribution in [3.05, 3.63) is 53.6 Å². The molecule has 0 atom stereocenters. The van der Waals surface area contributed by atoms with Crippen molar-refractivity contribution in [3.8, 4) is 5.75 Å². The Labute approximate surface area is 173 Å². The predicted molar refractivity (Wildman–Crippen MR) is 106 cm³/mol. The van der Waals surface area contributed by atoms with Gasteiger partial charge in [-0.3, -0.25) is 0 Å². The van der Waals surface area contributed by atoms with Gasteiger partial charge in [0, 0.05) is 19.6 Å². The normalized spacial score (nSPS) is 15.7. The van der Waals surface area contributed by atoms with Gasteiger partial charge < -0.3 is 14.8 Å². The van der Waals surface area contributed by atoms with Crippen molar-refractivity contribution < 1.29 is 31.1 Å². The van der Waals surface area contributed by atoms with E-state index in [-0.39, 0.29) is 24.5 Å². The van der Waals surface area contributed by atoms with Gasteiger partial charge in [-0.2, -0.15) is 17.5 Å². The number of alkyl halides is 3. The van der Waals surface area contributed by atoms with Gasteiger partial charge in [0.15, 0.2) is 0 Å². The second-order valence-corrected chi connectivity index (χ2v) is 8.59. The van der Waals surface area contributed by atoms with Gasteiger partial charge in [0.05, 0.1) is 36.0 Å². The van der Waals surface area contributed by atoms with Crippen LogP contribution in [0.2, 0.25) is 0 Å². The average Bonchev–Trinajstić information content (AvgIpc) is 2.73. The molecular formula is C20H23F3N2O4S. The zero-order chi connectivity index (χ0) is 21.8. The van der Waals surface area contributed by atoms with Gasteiger partial charge in [-0.25, -0.2) is 8.42 Å². The monoisotopic (exact) mass is 444 g/mol. The Hall–Kier alpha value is -2.30. The molecule has 1 heterocycles. The third-order valence-electron chi connectivity index (χ3n) is 4.62. The quantitative estimate of drug-likeness (QED) is 0.705. The molecular weight excluding hydrogens is 421 g/mol. The van der Waals surface area contributed by atoms with E-state index >= 15 is 0 Å². The number of halogens is 3. The van der Waals surface area contributed by atoms with E-state index in [1.807, 2.05) is 0 Å². The van der Waals surface area contributed by atoms with Crippen LogP contribution >= 0.6 is 0 Å². The highest BCUT2D eigenvalue weighted by Crippen LogP contribution is 2.31. The zero-order valence-corrected chi connectivity index (χ0v) is 17.2. The summed E-state index contributed by atoms with van der Waals surface area (Å²) in [5.74, 6) is 0.463. The number of morpholine rings is 1. The lowest BCUT2D eigenvalue weighted by molar-refractivity contribution is -0.137. The van der Waals surface area contributed by atoms with Crippen molar-refractivity contribution in [3.63, 3.8) is 0 Å². The number of benzene rings is 2. The van der Waals surface area contributed by atoms with Crippen molar-refractivity contribution in [2.24, 2.45) is 0 Å². The average molecular weight is 444 g/mol. The summed E-state index contributed by atoms with van der Waals surface area (Å²) < 4.78 is 76.1. The van der Waals surface area contributed by atoms with Crippen molar-refractivity contribution in [1.82, 2.24) is 4.31 Å². The third kappa shape index (κ3) is 5.24. The molecule has 0 spiro atoms. The summed E-state index contributed by atoms with van der Waals surface area (Å²) in [6.45, 7) is 3.64. The summed E-state index contributed by atoms with van der Waals surface area (Å²) >= 11 is 0. The number of rotatable bonds is 7.